The molecule has 0 aromatic carbocycles. The molecule has 2 fully saturated rings. The Labute approximate surface area is 217 Å². The number of furan rings is 1. The first-order valence-corrected chi connectivity index (χ1v) is 11.3. The molecule has 2 aliphatic heterocycles. The monoisotopic (exact) mass is 569 g/mol. The number of amides is 1. The van der Waals surface area contributed by atoms with Crippen molar-refractivity contribution >= 4 is 17.8 Å². The summed E-state index contributed by atoms with van der Waals surface area (Å²) in [6, 6.07) is 7.70. The number of carboxylic acid groups (broad SMARTS) is 2. The summed E-state index contributed by atoms with van der Waals surface area (Å²) in [5.41, 5.74) is 2.00. The summed E-state index contributed by atoms with van der Waals surface area (Å²) >= 11 is 0. The van der Waals surface area contributed by atoms with Gasteiger partial charge in [-0.3, -0.25) is 14.7 Å². The molecule has 0 bridgehead atoms. The fourth-order valence-corrected chi connectivity index (χ4v) is 3.91. The average molecular weight is 569 g/mol. The van der Waals surface area contributed by atoms with Gasteiger partial charge in [-0.1, -0.05) is 6.07 Å². The van der Waals surface area contributed by atoms with Gasteiger partial charge in [-0.25, -0.2) is 9.59 Å². The Morgan fingerprint density at radius 3 is 2.18 bits per heavy atom. The maximum Gasteiger partial charge on any atom is 0.490 e. The summed E-state index contributed by atoms with van der Waals surface area (Å²) in [4.78, 5) is 37.2. The number of carbonyl (C=O) groups is 3. The summed E-state index contributed by atoms with van der Waals surface area (Å²) in [6.45, 7) is 3.63. The van der Waals surface area contributed by atoms with Gasteiger partial charge < -0.3 is 24.7 Å². The Balaban J connectivity index is 0.000000317. The fourth-order valence-electron chi connectivity index (χ4n) is 3.91. The standard InChI is InChI=1S/C19H23N3O3.2C2HF3O2/c23-19(21-9-15-3-1-2-6-20-15)17-11-22(10-14-4-7-24-13-14)12-18-16(17)5-8-25-18;2*3-2(4,5)1(6)7/h1-4,6-7,13,16-18H,5,8-12H2,(H,21,23);2*(H,6,7)/t16-,17-,18+;;/m0../s1. The maximum absolute atomic E-state index is 12.8. The Morgan fingerprint density at radius 1 is 1.03 bits per heavy atom. The number of halogens is 6. The van der Waals surface area contributed by atoms with Crippen LogP contribution in [-0.4, -0.2) is 76.1 Å². The van der Waals surface area contributed by atoms with Crippen LogP contribution < -0.4 is 5.32 Å². The van der Waals surface area contributed by atoms with E-state index in [1.165, 1.54) is 0 Å². The molecule has 1 amide bonds. The van der Waals surface area contributed by atoms with Crippen molar-refractivity contribution in [3.05, 3.63) is 54.2 Å². The number of hydrogen-bond donors (Lipinski definition) is 3. The molecule has 0 saturated carbocycles. The van der Waals surface area contributed by atoms with Gasteiger partial charge in [0.05, 0.1) is 36.8 Å². The Hall–Kier alpha value is -3.66. The van der Waals surface area contributed by atoms with Crippen LogP contribution in [0.3, 0.4) is 0 Å². The van der Waals surface area contributed by atoms with Crippen LogP contribution in [0.15, 0.2) is 47.4 Å². The first-order valence-electron chi connectivity index (χ1n) is 11.3. The van der Waals surface area contributed by atoms with Crippen LogP contribution in [0.2, 0.25) is 0 Å². The lowest BCUT2D eigenvalue weighted by molar-refractivity contribution is -0.193. The van der Waals surface area contributed by atoms with Crippen LogP contribution in [-0.2, 0) is 32.2 Å². The number of aromatic nitrogens is 1. The number of ether oxygens (including phenoxy) is 1. The van der Waals surface area contributed by atoms with E-state index in [2.05, 4.69) is 15.2 Å². The van der Waals surface area contributed by atoms with Gasteiger partial charge in [0.25, 0.3) is 0 Å². The lowest BCUT2D eigenvalue weighted by Crippen LogP contribution is -2.52. The highest BCUT2D eigenvalue weighted by atomic mass is 19.4. The number of carboxylic acids is 2. The normalized spacial score (nSPS) is 20.9. The fraction of sp³-hybridized carbons (Fsp3) is 0.478. The zero-order valence-electron chi connectivity index (χ0n) is 20.1. The third kappa shape index (κ3) is 10.6. The largest absolute Gasteiger partial charge is 0.490 e. The van der Waals surface area contributed by atoms with E-state index in [4.69, 9.17) is 29.0 Å². The second-order valence-electron chi connectivity index (χ2n) is 8.44. The number of aliphatic carboxylic acids is 2. The minimum Gasteiger partial charge on any atom is -0.475 e. The molecule has 4 rings (SSSR count). The van der Waals surface area contributed by atoms with Gasteiger partial charge in [0.15, 0.2) is 0 Å². The highest BCUT2D eigenvalue weighted by molar-refractivity contribution is 5.79. The Kier molecular flexibility index (Phi) is 11.3. The van der Waals surface area contributed by atoms with Crippen LogP contribution in [0.4, 0.5) is 26.3 Å². The zero-order valence-corrected chi connectivity index (χ0v) is 20.1. The number of alkyl halides is 6. The third-order valence-electron chi connectivity index (χ3n) is 5.65. The topological polar surface area (TPSA) is 142 Å². The van der Waals surface area contributed by atoms with E-state index >= 15 is 0 Å². The SMILES string of the molecule is O=C(NCc1ccccn1)[C@H]1CN(Cc2ccoc2)C[C@H]2OCC[C@@H]12.O=C(O)C(F)(F)F.O=C(O)C(F)(F)F. The van der Waals surface area contributed by atoms with Gasteiger partial charge in [-0.15, -0.1) is 0 Å². The highest BCUT2D eigenvalue weighted by Crippen LogP contribution is 2.34. The molecular weight excluding hydrogens is 544 g/mol. The lowest BCUT2D eigenvalue weighted by atomic mass is 9.82. The van der Waals surface area contributed by atoms with E-state index in [0.717, 1.165) is 43.9 Å². The van der Waals surface area contributed by atoms with Crippen molar-refractivity contribution in [2.24, 2.45) is 11.8 Å². The predicted octanol–water partition coefficient (Wildman–Crippen LogP) is 3.09. The molecule has 216 valence electrons. The highest BCUT2D eigenvalue weighted by Gasteiger charge is 2.44. The molecule has 10 nitrogen and oxygen atoms in total. The molecular formula is C23H25F6N3O7. The molecule has 0 spiro atoms. The van der Waals surface area contributed by atoms with E-state index in [1.807, 2.05) is 24.3 Å². The van der Waals surface area contributed by atoms with Crippen molar-refractivity contribution in [1.29, 1.82) is 0 Å². The first kappa shape index (κ1) is 31.6. The first-order chi connectivity index (χ1) is 18.2. The molecule has 2 aliphatic rings. The quantitative estimate of drug-likeness (QED) is 0.463. The van der Waals surface area contributed by atoms with Crippen LogP contribution in [0.25, 0.3) is 0 Å². The molecule has 2 aromatic rings. The smallest absolute Gasteiger partial charge is 0.475 e. The molecule has 2 saturated heterocycles. The molecule has 4 heterocycles. The van der Waals surface area contributed by atoms with Gasteiger partial charge in [0, 0.05) is 43.9 Å². The number of pyridine rings is 1. The summed E-state index contributed by atoms with van der Waals surface area (Å²) in [6.07, 6.45) is -3.86. The molecule has 2 aromatic heterocycles. The number of carbonyl (C=O) groups excluding carboxylic acids is 1. The van der Waals surface area contributed by atoms with Crippen LogP contribution >= 0.6 is 0 Å². The van der Waals surface area contributed by atoms with E-state index in [0.29, 0.717) is 12.5 Å². The number of piperidine rings is 1. The van der Waals surface area contributed by atoms with E-state index in [1.54, 1.807) is 18.7 Å². The number of likely N-dealkylation sites (tertiary alicyclic amines) is 1. The molecule has 0 radical (unpaired) electrons. The summed E-state index contributed by atoms with van der Waals surface area (Å²) < 4.78 is 74.5. The number of fused-ring (bicyclic) bond motifs is 1. The van der Waals surface area contributed by atoms with Crippen LogP contribution in [0.1, 0.15) is 17.7 Å². The van der Waals surface area contributed by atoms with Gasteiger partial charge >= 0.3 is 24.3 Å². The van der Waals surface area contributed by atoms with Gasteiger partial charge in [-0.2, -0.15) is 26.3 Å². The summed E-state index contributed by atoms with van der Waals surface area (Å²) in [5.74, 6) is -5.15. The zero-order chi connectivity index (χ0) is 29.2. The molecule has 3 atom stereocenters. The molecule has 39 heavy (non-hydrogen) atoms. The number of rotatable bonds is 5. The second-order valence-corrected chi connectivity index (χ2v) is 8.44. The Morgan fingerprint density at radius 2 is 1.67 bits per heavy atom. The van der Waals surface area contributed by atoms with E-state index < -0.39 is 24.3 Å². The lowest BCUT2D eigenvalue weighted by Gasteiger charge is -2.39. The van der Waals surface area contributed by atoms with Crippen molar-refractivity contribution in [2.45, 2.75) is 38.0 Å². The Bertz CT molecular complexity index is 1040. The number of nitrogens with one attached hydrogen (secondary N) is 1. The summed E-state index contributed by atoms with van der Waals surface area (Å²) in [7, 11) is 0. The third-order valence-corrected chi connectivity index (χ3v) is 5.65. The van der Waals surface area contributed by atoms with Crippen molar-refractivity contribution in [2.75, 3.05) is 19.7 Å². The molecule has 3 N–H and O–H groups in total. The van der Waals surface area contributed by atoms with Crippen molar-refractivity contribution in [3.8, 4) is 0 Å². The summed E-state index contributed by atoms with van der Waals surface area (Å²) in [5, 5.41) is 17.3. The molecule has 0 unspecified atom stereocenters. The van der Waals surface area contributed by atoms with Crippen LogP contribution in [0, 0.1) is 11.8 Å². The average Bonchev–Trinajstić information content (AvgIpc) is 3.54. The predicted molar refractivity (Wildman–Crippen MR) is 119 cm³/mol. The van der Waals surface area contributed by atoms with E-state index in [9.17, 15) is 31.1 Å². The number of nitrogens with zero attached hydrogens (tertiary/aromatic N) is 2. The van der Waals surface area contributed by atoms with Gasteiger partial charge in [-0.05, 0) is 24.6 Å². The van der Waals surface area contributed by atoms with Gasteiger partial charge in [0.1, 0.15) is 0 Å². The molecule has 0 aliphatic carbocycles. The van der Waals surface area contributed by atoms with Crippen molar-refractivity contribution in [3.63, 3.8) is 0 Å². The molecule has 16 heteroatoms. The van der Waals surface area contributed by atoms with Crippen LogP contribution in [0.5, 0.6) is 0 Å². The van der Waals surface area contributed by atoms with E-state index in [-0.39, 0.29) is 17.9 Å². The van der Waals surface area contributed by atoms with Crippen molar-refractivity contribution in [1.82, 2.24) is 15.2 Å². The van der Waals surface area contributed by atoms with Gasteiger partial charge in [0.2, 0.25) is 5.91 Å². The second kappa shape index (κ2) is 13.9. The minimum absolute atomic E-state index is 0.0446. The maximum atomic E-state index is 12.8. The number of hydrogen-bond acceptors (Lipinski definition) is 7. The minimum atomic E-state index is -5.08. The van der Waals surface area contributed by atoms with Crippen molar-refractivity contribution < 1.29 is 60.1 Å².